The summed E-state index contributed by atoms with van der Waals surface area (Å²) < 4.78 is 44.8. The highest BCUT2D eigenvalue weighted by atomic mass is 19.4. The minimum absolute atomic E-state index is 0.0263. The molecule has 2 aliphatic rings. The van der Waals surface area contributed by atoms with Crippen LogP contribution >= 0.6 is 0 Å². The number of furan rings is 1. The molecule has 3 heterocycles. The van der Waals surface area contributed by atoms with Crippen LogP contribution in [0.2, 0.25) is 0 Å². The average Bonchev–Trinajstić information content (AvgIpc) is 2.89. The fraction of sp³-hybridized carbons (Fsp3) is 0.737. The molecule has 2 fully saturated rings. The van der Waals surface area contributed by atoms with Gasteiger partial charge >= 0.3 is 6.18 Å². The Bertz CT molecular complexity index is 614. The molecule has 2 atom stereocenters. The van der Waals surface area contributed by atoms with Crippen LogP contribution in [0.1, 0.15) is 56.1 Å². The second-order valence-corrected chi connectivity index (χ2v) is 7.50. The molecule has 7 heteroatoms. The summed E-state index contributed by atoms with van der Waals surface area (Å²) in [5, 5.41) is 0. The van der Waals surface area contributed by atoms with Crippen molar-refractivity contribution < 1.29 is 22.4 Å². The fourth-order valence-electron chi connectivity index (χ4n) is 4.06. The molecule has 0 radical (unpaired) electrons. The van der Waals surface area contributed by atoms with E-state index in [-0.39, 0.29) is 31.5 Å². The third-order valence-electron chi connectivity index (χ3n) is 5.53. The standard InChI is InChI=1S/C19H27F3N2O2/c1-14-8-9-17(26-14)16-7-3-2-4-10-23(16)13-18(25)24-11-5-6-15(12-24)19(20,21)22/h8-9,15-16H,2-7,10-13H2,1H3/t15-,16+/m1/s1. The molecule has 26 heavy (non-hydrogen) atoms. The van der Waals surface area contributed by atoms with Gasteiger partial charge in [-0.1, -0.05) is 12.8 Å². The summed E-state index contributed by atoms with van der Waals surface area (Å²) in [6.45, 7) is 3.03. The Balaban J connectivity index is 1.67. The van der Waals surface area contributed by atoms with Crippen molar-refractivity contribution in [2.24, 2.45) is 5.92 Å². The van der Waals surface area contributed by atoms with Crippen LogP contribution in [-0.2, 0) is 4.79 Å². The number of amides is 1. The van der Waals surface area contributed by atoms with Crippen molar-refractivity contribution in [1.29, 1.82) is 0 Å². The Kier molecular flexibility index (Phi) is 5.95. The first kappa shape index (κ1) is 19.3. The maximum Gasteiger partial charge on any atom is 0.393 e. The minimum atomic E-state index is -4.23. The van der Waals surface area contributed by atoms with E-state index in [0.717, 1.165) is 43.7 Å². The second kappa shape index (κ2) is 8.03. The van der Waals surface area contributed by atoms with Gasteiger partial charge in [-0.2, -0.15) is 13.2 Å². The Labute approximate surface area is 152 Å². The fourth-order valence-corrected chi connectivity index (χ4v) is 4.06. The van der Waals surface area contributed by atoms with Crippen LogP contribution in [0.3, 0.4) is 0 Å². The van der Waals surface area contributed by atoms with Crippen LogP contribution in [0, 0.1) is 12.8 Å². The van der Waals surface area contributed by atoms with Crippen molar-refractivity contribution in [2.75, 3.05) is 26.2 Å². The highest BCUT2D eigenvalue weighted by Gasteiger charge is 2.43. The van der Waals surface area contributed by atoms with Gasteiger partial charge in [0, 0.05) is 13.1 Å². The third kappa shape index (κ3) is 4.61. The number of halogens is 3. The first-order valence-electron chi connectivity index (χ1n) is 9.49. The average molecular weight is 372 g/mol. The van der Waals surface area contributed by atoms with Crippen LogP contribution in [0.4, 0.5) is 13.2 Å². The van der Waals surface area contributed by atoms with E-state index in [2.05, 4.69) is 4.90 Å². The number of rotatable bonds is 3. The number of alkyl halides is 3. The Morgan fingerprint density at radius 2 is 1.96 bits per heavy atom. The Morgan fingerprint density at radius 1 is 1.15 bits per heavy atom. The lowest BCUT2D eigenvalue weighted by molar-refractivity contribution is -0.188. The first-order chi connectivity index (χ1) is 12.3. The summed E-state index contributed by atoms with van der Waals surface area (Å²) in [5.41, 5.74) is 0. The molecule has 2 aliphatic heterocycles. The van der Waals surface area contributed by atoms with Gasteiger partial charge in [0.05, 0.1) is 18.5 Å². The summed E-state index contributed by atoms with van der Waals surface area (Å²) in [6, 6.07) is 3.89. The Hall–Kier alpha value is -1.50. The normalized spacial score (nSPS) is 25.9. The molecule has 146 valence electrons. The molecule has 0 unspecified atom stereocenters. The van der Waals surface area contributed by atoms with E-state index in [9.17, 15) is 18.0 Å². The van der Waals surface area contributed by atoms with Crippen LogP contribution < -0.4 is 0 Å². The molecule has 1 aromatic heterocycles. The number of likely N-dealkylation sites (tertiary alicyclic amines) is 2. The van der Waals surface area contributed by atoms with E-state index in [1.807, 2.05) is 19.1 Å². The van der Waals surface area contributed by atoms with Gasteiger partial charge in [-0.15, -0.1) is 0 Å². The van der Waals surface area contributed by atoms with Gasteiger partial charge < -0.3 is 9.32 Å². The summed E-state index contributed by atoms with van der Waals surface area (Å²) >= 11 is 0. The summed E-state index contributed by atoms with van der Waals surface area (Å²) in [4.78, 5) is 16.2. The molecule has 0 aliphatic carbocycles. The lowest BCUT2D eigenvalue weighted by Crippen LogP contribution is -2.48. The number of hydrogen-bond acceptors (Lipinski definition) is 3. The maximum atomic E-state index is 13.0. The summed E-state index contributed by atoms with van der Waals surface area (Å²) in [7, 11) is 0. The molecule has 3 rings (SSSR count). The highest BCUT2D eigenvalue weighted by molar-refractivity contribution is 5.78. The van der Waals surface area contributed by atoms with Crippen LogP contribution in [-0.4, -0.2) is 48.1 Å². The van der Waals surface area contributed by atoms with Gasteiger partial charge in [0.15, 0.2) is 0 Å². The number of nitrogens with zero attached hydrogens (tertiary/aromatic N) is 2. The van der Waals surface area contributed by atoms with Crippen molar-refractivity contribution >= 4 is 5.91 Å². The molecule has 0 aromatic carbocycles. The predicted molar refractivity (Wildman–Crippen MR) is 91.6 cm³/mol. The van der Waals surface area contributed by atoms with Crippen molar-refractivity contribution in [3.05, 3.63) is 23.7 Å². The molecule has 0 spiro atoms. The van der Waals surface area contributed by atoms with Crippen molar-refractivity contribution in [2.45, 2.75) is 57.7 Å². The SMILES string of the molecule is Cc1ccc([C@@H]2CCCCCN2CC(=O)N2CCC[C@@H](C(F)(F)F)C2)o1. The maximum absolute atomic E-state index is 13.0. The van der Waals surface area contributed by atoms with E-state index in [0.29, 0.717) is 13.0 Å². The van der Waals surface area contributed by atoms with E-state index >= 15 is 0 Å². The first-order valence-corrected chi connectivity index (χ1v) is 9.49. The number of piperidine rings is 1. The molecule has 1 amide bonds. The summed E-state index contributed by atoms with van der Waals surface area (Å²) in [5.74, 6) is 0.0885. The molecular weight excluding hydrogens is 345 g/mol. The van der Waals surface area contributed by atoms with Crippen LogP contribution in [0.25, 0.3) is 0 Å². The van der Waals surface area contributed by atoms with Gasteiger partial charge in [0.25, 0.3) is 0 Å². The predicted octanol–water partition coefficient (Wildman–Crippen LogP) is 4.31. The minimum Gasteiger partial charge on any atom is -0.465 e. The third-order valence-corrected chi connectivity index (χ3v) is 5.53. The topological polar surface area (TPSA) is 36.7 Å². The van der Waals surface area contributed by atoms with E-state index < -0.39 is 12.1 Å². The number of hydrogen-bond donors (Lipinski definition) is 0. The van der Waals surface area contributed by atoms with Gasteiger partial charge in [-0.05, 0) is 51.3 Å². The van der Waals surface area contributed by atoms with E-state index in [1.54, 1.807) is 0 Å². The summed E-state index contributed by atoms with van der Waals surface area (Å²) in [6.07, 6.45) is 0.369. The van der Waals surface area contributed by atoms with Gasteiger partial charge in [0.2, 0.25) is 5.91 Å². The van der Waals surface area contributed by atoms with Crippen LogP contribution in [0.15, 0.2) is 16.5 Å². The molecule has 2 saturated heterocycles. The zero-order valence-electron chi connectivity index (χ0n) is 15.2. The number of carbonyl (C=O) groups excluding carboxylic acids is 1. The quantitative estimate of drug-likeness (QED) is 0.794. The van der Waals surface area contributed by atoms with Gasteiger partial charge in [0.1, 0.15) is 11.5 Å². The molecule has 0 bridgehead atoms. The van der Waals surface area contributed by atoms with Crippen LogP contribution in [0.5, 0.6) is 0 Å². The van der Waals surface area contributed by atoms with Gasteiger partial charge in [-0.3, -0.25) is 9.69 Å². The van der Waals surface area contributed by atoms with Crippen molar-refractivity contribution in [1.82, 2.24) is 9.80 Å². The lowest BCUT2D eigenvalue weighted by Gasteiger charge is -2.36. The molecule has 0 saturated carbocycles. The highest BCUT2D eigenvalue weighted by Crippen LogP contribution is 2.34. The number of aryl methyl sites for hydroxylation is 1. The van der Waals surface area contributed by atoms with E-state index in [4.69, 9.17) is 4.42 Å². The van der Waals surface area contributed by atoms with Crippen molar-refractivity contribution in [3.63, 3.8) is 0 Å². The Morgan fingerprint density at radius 3 is 2.65 bits per heavy atom. The monoisotopic (exact) mass is 372 g/mol. The second-order valence-electron chi connectivity index (χ2n) is 7.50. The molecule has 0 N–H and O–H groups in total. The molecular formula is C19H27F3N2O2. The molecule has 4 nitrogen and oxygen atoms in total. The molecule has 1 aromatic rings. The number of carbonyl (C=O) groups is 1. The lowest BCUT2D eigenvalue weighted by atomic mass is 9.97. The van der Waals surface area contributed by atoms with Crippen molar-refractivity contribution in [3.8, 4) is 0 Å². The van der Waals surface area contributed by atoms with E-state index in [1.165, 1.54) is 4.90 Å². The largest absolute Gasteiger partial charge is 0.465 e. The smallest absolute Gasteiger partial charge is 0.393 e. The van der Waals surface area contributed by atoms with Gasteiger partial charge in [-0.25, -0.2) is 0 Å². The zero-order chi connectivity index (χ0) is 18.7. The zero-order valence-corrected chi connectivity index (χ0v) is 15.2.